The van der Waals surface area contributed by atoms with Crippen molar-refractivity contribution in [2.45, 2.75) is 188 Å². The van der Waals surface area contributed by atoms with Crippen molar-refractivity contribution < 1.29 is 92.1 Å². The number of hydrogen-bond donors (Lipinski definition) is 7. The molecule has 7 N–H and O–H groups in total. The average molecular weight is 1240 g/mol. The summed E-state index contributed by atoms with van der Waals surface area (Å²) in [5.74, 6) is 11.5. The van der Waals surface area contributed by atoms with Crippen LogP contribution < -0.4 is 25.0 Å². The van der Waals surface area contributed by atoms with Gasteiger partial charge in [-0.15, -0.1) is 5.92 Å². The van der Waals surface area contributed by atoms with Gasteiger partial charge in [-0.05, 0) is 106 Å². The number of rotatable bonds is 19. The second-order valence-corrected chi connectivity index (χ2v) is 22.8. The van der Waals surface area contributed by atoms with E-state index in [9.17, 15) is 35.1 Å². The third-order valence-electron chi connectivity index (χ3n) is 14.4. The van der Waals surface area contributed by atoms with Crippen LogP contribution in [0.5, 0.6) is 17.2 Å². The minimum atomic E-state index is -1.42. The van der Waals surface area contributed by atoms with E-state index in [1.807, 2.05) is 42.7 Å². The first-order chi connectivity index (χ1) is 36.7. The maximum absolute atomic E-state index is 14.4. The highest BCUT2D eigenvalue weighted by Gasteiger charge is 2.52. The van der Waals surface area contributed by atoms with Crippen molar-refractivity contribution in [3.05, 3.63) is 38.5 Å². The smallest absolute Gasteiger partial charge is 0.229 e. The fourth-order valence-corrected chi connectivity index (χ4v) is 12.4. The molecule has 4 aliphatic heterocycles. The number of carbonyl (C=O) groups is 2. The first-order valence-corrected chi connectivity index (χ1v) is 28.6. The van der Waals surface area contributed by atoms with Gasteiger partial charge in [0.05, 0.1) is 88.7 Å². The summed E-state index contributed by atoms with van der Waals surface area (Å²) in [6, 6.07) is -1.12. The van der Waals surface area contributed by atoms with Gasteiger partial charge < -0.3 is 83.0 Å². The van der Waals surface area contributed by atoms with Crippen molar-refractivity contribution in [2.24, 2.45) is 0 Å². The van der Waals surface area contributed by atoms with E-state index in [1.54, 1.807) is 53.9 Å². The Morgan fingerprint density at radius 1 is 0.909 bits per heavy atom. The molecule has 4 fully saturated rings. The summed E-state index contributed by atoms with van der Waals surface area (Å²) in [5, 5.41) is 58.9. The molecule has 20 atom stereocenters. The first kappa shape index (κ1) is 63.5. The van der Waals surface area contributed by atoms with Crippen molar-refractivity contribution in [3.63, 3.8) is 0 Å². The topological polar surface area (TPSA) is 270 Å². The SMILES string of the molecule is CC#C/C=C\C#C[C@H](OC1OC(C)C(NOC2CC(O)C(SC(=O)c3c(C)c(I)c(OC4OC(C)C(O)C(OC)C4O)c(OC)c3OC)C(C)O2)C(O)C1OC1CC(OC)C(NCC)CO1)C1=CC(=O)C[C@@H](O)C1(C)SC. The van der Waals surface area contributed by atoms with Crippen LogP contribution in [0, 0.1) is 34.2 Å². The molecule has 1 aromatic carbocycles. The number of ether oxygens (including phenoxy) is 11. The van der Waals surface area contributed by atoms with Crippen molar-refractivity contribution in [3.8, 4) is 40.9 Å². The van der Waals surface area contributed by atoms with Crippen LogP contribution in [0.1, 0.15) is 76.7 Å². The molecule has 0 aromatic heterocycles. The van der Waals surface area contributed by atoms with Crippen LogP contribution in [0.15, 0.2) is 23.8 Å². The predicted octanol–water partition coefficient (Wildman–Crippen LogP) is 2.69. The molecule has 18 unspecified atom stereocenters. The zero-order valence-corrected chi connectivity index (χ0v) is 49.2. The lowest BCUT2D eigenvalue weighted by Gasteiger charge is -2.47. The van der Waals surface area contributed by atoms with Crippen LogP contribution in [-0.4, -0.2) is 205 Å². The number of allylic oxidation sites excluding steroid dienone is 3. The molecule has 1 aliphatic carbocycles. The van der Waals surface area contributed by atoms with E-state index >= 15 is 0 Å². The molecule has 1 aromatic rings. The monoisotopic (exact) mass is 1230 g/mol. The van der Waals surface area contributed by atoms with Crippen molar-refractivity contribution >= 4 is 57.0 Å². The Bertz CT molecular complexity index is 2370. The van der Waals surface area contributed by atoms with E-state index < -0.39 is 113 Å². The van der Waals surface area contributed by atoms with Gasteiger partial charge in [-0.25, -0.2) is 0 Å². The number of halogens is 1. The number of benzene rings is 1. The first-order valence-electron chi connectivity index (χ1n) is 25.4. The molecule has 430 valence electrons. The molecular weight excluding hydrogens is 1160 g/mol. The van der Waals surface area contributed by atoms with Crippen LogP contribution in [-0.2, 0) is 47.5 Å². The maximum Gasteiger partial charge on any atom is 0.229 e. The summed E-state index contributed by atoms with van der Waals surface area (Å²) in [5.41, 5.74) is 3.93. The van der Waals surface area contributed by atoms with E-state index in [0.29, 0.717) is 21.3 Å². The molecule has 5 aliphatic rings. The zero-order valence-electron chi connectivity index (χ0n) is 45.4. The van der Waals surface area contributed by atoms with Gasteiger partial charge in [-0.1, -0.05) is 36.4 Å². The number of aliphatic hydroxyl groups excluding tert-OH is 5. The quantitative estimate of drug-likeness (QED) is 0.0596. The largest absolute Gasteiger partial charge is 0.492 e. The fourth-order valence-electron chi connectivity index (χ4n) is 9.90. The molecule has 4 saturated heterocycles. The summed E-state index contributed by atoms with van der Waals surface area (Å²) < 4.78 is 66.4. The molecule has 4 heterocycles. The highest BCUT2D eigenvalue weighted by atomic mass is 127. The Morgan fingerprint density at radius 2 is 1.61 bits per heavy atom. The molecule has 77 heavy (non-hydrogen) atoms. The lowest BCUT2D eigenvalue weighted by atomic mass is 9.82. The van der Waals surface area contributed by atoms with Gasteiger partial charge in [0.25, 0.3) is 0 Å². The van der Waals surface area contributed by atoms with E-state index in [4.69, 9.17) is 56.9 Å². The molecule has 0 radical (unpaired) electrons. The van der Waals surface area contributed by atoms with Gasteiger partial charge in [0.1, 0.15) is 36.6 Å². The van der Waals surface area contributed by atoms with Gasteiger partial charge in [-0.3, -0.25) is 14.4 Å². The molecule has 0 spiro atoms. The molecule has 0 amide bonds. The Hall–Kier alpha value is -2.65. The number of carbonyl (C=O) groups excluding carboxylic acids is 2. The zero-order chi connectivity index (χ0) is 56.5. The Balaban J connectivity index is 1.19. The van der Waals surface area contributed by atoms with Crippen molar-refractivity contribution in [1.29, 1.82) is 0 Å². The van der Waals surface area contributed by atoms with E-state index in [0.717, 1.165) is 11.8 Å². The van der Waals surface area contributed by atoms with Gasteiger partial charge >= 0.3 is 0 Å². The second kappa shape index (κ2) is 28.9. The molecule has 0 saturated carbocycles. The lowest BCUT2D eigenvalue weighted by Crippen LogP contribution is -2.65. The molecule has 24 heteroatoms. The maximum atomic E-state index is 14.4. The molecule has 21 nitrogen and oxygen atoms in total. The summed E-state index contributed by atoms with van der Waals surface area (Å²) in [6.07, 6.45) is -10.3. The van der Waals surface area contributed by atoms with Crippen molar-refractivity contribution in [1.82, 2.24) is 10.8 Å². The van der Waals surface area contributed by atoms with Crippen molar-refractivity contribution in [2.75, 3.05) is 47.8 Å². The van der Waals surface area contributed by atoms with E-state index in [1.165, 1.54) is 39.2 Å². The van der Waals surface area contributed by atoms with E-state index in [2.05, 4.69) is 34.5 Å². The van der Waals surface area contributed by atoms with Gasteiger partial charge in [0.15, 0.2) is 36.2 Å². The van der Waals surface area contributed by atoms with Crippen LogP contribution in [0.2, 0.25) is 0 Å². The second-order valence-electron chi connectivity index (χ2n) is 19.3. The van der Waals surface area contributed by atoms with Gasteiger partial charge in [0, 0.05) is 33.5 Å². The van der Waals surface area contributed by atoms with Crippen LogP contribution >= 0.6 is 46.1 Å². The number of ketones is 1. The Labute approximate surface area is 472 Å². The number of likely N-dealkylation sites (N-methyl/N-ethyl adjacent to an activating group) is 1. The molecule has 0 bridgehead atoms. The molecule has 6 rings (SSSR count). The minimum absolute atomic E-state index is 0.0455. The number of methoxy groups -OCH3 is 4. The number of hydroxylamine groups is 1. The van der Waals surface area contributed by atoms with Crippen LogP contribution in [0.4, 0.5) is 0 Å². The normalized spacial score (nSPS) is 37.0. The summed E-state index contributed by atoms with van der Waals surface area (Å²) in [4.78, 5) is 33.5. The Morgan fingerprint density at radius 3 is 2.25 bits per heavy atom. The fraction of sp³-hybridized carbons (Fsp3) is 0.698. The third kappa shape index (κ3) is 14.5. The summed E-state index contributed by atoms with van der Waals surface area (Å²) >= 11 is 4.20. The summed E-state index contributed by atoms with van der Waals surface area (Å²) in [7, 11) is 5.71. The van der Waals surface area contributed by atoms with Gasteiger partial charge in [-0.2, -0.15) is 17.2 Å². The minimum Gasteiger partial charge on any atom is -0.492 e. The number of hydrogen-bond acceptors (Lipinski definition) is 23. The van der Waals surface area contributed by atoms with E-state index in [-0.39, 0.29) is 66.6 Å². The number of thioether (sulfide) groups is 2. The standard InChI is InChI=1S/C53H75IN2O19S2/c1-13-15-16-17-18-19-33(30-20-29(57)21-35(59)53(30,7)76-12)72-52-47(73-36-23-34(64-8)31(24-68-36)55-14-2)42(61)40(26(4)70-52)56-75-37-22-32(58)49(28(6)69-37)77-50(63)38-25(3)39(54)45(48(67-11)44(38)65-9)74-51-43(62)46(66-10)41(60)27(5)71-51/h16-17,20,26-28,31-37,40-43,46-47,49,51-52,55-56,58-62H,14,21-24H2,1-12H3/b17-16-/t26?,27?,28?,31?,32?,33-,34?,35+,36?,37?,40?,41?,42?,43?,46?,47?,49?,51?,52?,53?/m0/s1. The average Bonchev–Trinajstić information content (AvgIpc) is 3.40. The molecular formula is C53H75IN2O19S2. The third-order valence-corrected chi connectivity index (χ3v) is 18.5. The number of aliphatic hydroxyl groups is 5. The highest BCUT2D eigenvalue weighted by Crippen LogP contribution is 2.49. The summed E-state index contributed by atoms with van der Waals surface area (Å²) in [6.45, 7) is 13.1. The van der Waals surface area contributed by atoms with Gasteiger partial charge in [0.2, 0.25) is 17.2 Å². The Kier molecular flexibility index (Phi) is 23.8. The highest BCUT2D eigenvalue weighted by molar-refractivity contribution is 14.1. The lowest BCUT2D eigenvalue weighted by molar-refractivity contribution is -0.336. The number of nitrogens with one attached hydrogen (secondary N) is 2. The van der Waals surface area contributed by atoms with Crippen LogP contribution in [0.25, 0.3) is 0 Å². The van der Waals surface area contributed by atoms with Crippen LogP contribution in [0.3, 0.4) is 0 Å². The predicted molar refractivity (Wildman–Crippen MR) is 292 cm³/mol.